The van der Waals surface area contributed by atoms with Gasteiger partial charge in [0.1, 0.15) is 10.6 Å². The van der Waals surface area contributed by atoms with Gasteiger partial charge in [0.15, 0.2) is 0 Å². The minimum atomic E-state index is -0.359. The Morgan fingerprint density at radius 1 is 1.20 bits per heavy atom. The summed E-state index contributed by atoms with van der Waals surface area (Å²) in [4.78, 5) is 32.2. The number of nitrogens with zero attached hydrogens (tertiary/aromatic N) is 5. The number of fused-ring (bicyclic) bond motifs is 4. The quantitative estimate of drug-likeness (QED) is 0.691. The van der Waals surface area contributed by atoms with Crippen molar-refractivity contribution >= 4 is 22.4 Å². The van der Waals surface area contributed by atoms with E-state index in [9.17, 15) is 9.59 Å². The maximum atomic E-state index is 13.1. The van der Waals surface area contributed by atoms with Crippen molar-refractivity contribution in [3.63, 3.8) is 0 Å². The highest BCUT2D eigenvalue weighted by atomic mass is 32.1. The summed E-state index contributed by atoms with van der Waals surface area (Å²) in [7, 11) is 0. The van der Waals surface area contributed by atoms with Crippen LogP contribution in [-0.2, 0) is 13.1 Å². The average Bonchev–Trinajstić information content (AvgIpc) is 3.20. The smallest absolute Gasteiger partial charge is 0.263 e. The predicted octanol–water partition coefficient (Wildman–Crippen LogP) is 1.96. The predicted molar refractivity (Wildman–Crippen MR) is 114 cm³/mol. The third-order valence-corrected chi connectivity index (χ3v) is 6.69. The van der Waals surface area contributed by atoms with E-state index < -0.39 is 0 Å². The Bertz CT molecular complexity index is 1140. The summed E-state index contributed by atoms with van der Waals surface area (Å²) in [6, 6.07) is 9.13. The number of amides is 1. The van der Waals surface area contributed by atoms with Gasteiger partial charge in [0.2, 0.25) is 5.13 Å². The van der Waals surface area contributed by atoms with Crippen molar-refractivity contribution in [2.75, 3.05) is 18.0 Å². The number of nitrogens with one attached hydrogen (secondary N) is 1. The number of aromatic nitrogens is 4. The maximum absolute atomic E-state index is 13.1. The van der Waals surface area contributed by atoms with Gasteiger partial charge in [-0.1, -0.05) is 17.4 Å². The lowest BCUT2D eigenvalue weighted by Gasteiger charge is -2.42. The fourth-order valence-corrected chi connectivity index (χ4v) is 5.16. The van der Waals surface area contributed by atoms with Crippen molar-refractivity contribution in [2.24, 2.45) is 5.92 Å². The Morgan fingerprint density at radius 2 is 2.10 bits per heavy atom. The second kappa shape index (κ2) is 7.64. The van der Waals surface area contributed by atoms with E-state index in [1.807, 2.05) is 31.2 Å². The van der Waals surface area contributed by atoms with E-state index >= 15 is 0 Å². The van der Waals surface area contributed by atoms with Gasteiger partial charge in [-0.3, -0.25) is 14.6 Å². The highest BCUT2D eigenvalue weighted by Gasteiger charge is 2.36. The molecule has 2 aliphatic rings. The number of hydrogen-bond donors (Lipinski definition) is 1. The lowest BCUT2D eigenvalue weighted by molar-refractivity contribution is 0.0947. The molecule has 0 unspecified atom stereocenters. The molecule has 1 fully saturated rings. The topological polar surface area (TPSA) is 93.0 Å². The fourth-order valence-electron chi connectivity index (χ4n) is 4.46. The molecule has 5 rings (SSSR count). The molecule has 2 atom stereocenters. The Morgan fingerprint density at radius 3 is 2.87 bits per heavy atom. The number of hydrogen-bond acceptors (Lipinski definition) is 7. The zero-order valence-corrected chi connectivity index (χ0v) is 17.4. The van der Waals surface area contributed by atoms with Crippen LogP contribution in [0.4, 0.5) is 5.13 Å². The summed E-state index contributed by atoms with van der Waals surface area (Å²) >= 11 is 1.60. The number of carbonyl (C=O) groups excluding carboxylic acids is 1. The van der Waals surface area contributed by atoms with Gasteiger partial charge in [0.25, 0.3) is 11.5 Å². The Labute approximate surface area is 177 Å². The monoisotopic (exact) mass is 422 g/mol. The van der Waals surface area contributed by atoms with E-state index in [1.165, 1.54) is 0 Å². The zero-order valence-electron chi connectivity index (χ0n) is 16.6. The van der Waals surface area contributed by atoms with Crippen molar-refractivity contribution in [1.82, 2.24) is 25.1 Å². The average molecular weight is 423 g/mol. The van der Waals surface area contributed by atoms with Crippen molar-refractivity contribution in [3.8, 4) is 0 Å². The van der Waals surface area contributed by atoms with Crippen LogP contribution in [0.15, 0.2) is 41.3 Å². The second-order valence-electron chi connectivity index (χ2n) is 7.90. The van der Waals surface area contributed by atoms with Crippen LogP contribution in [0.25, 0.3) is 0 Å². The molecule has 0 spiro atoms. The van der Waals surface area contributed by atoms with Crippen molar-refractivity contribution in [3.05, 3.63) is 68.8 Å². The largest absolute Gasteiger partial charge is 0.346 e. The molecule has 154 valence electrons. The third-order valence-electron chi connectivity index (χ3n) is 5.79. The molecule has 1 N–H and O–H groups in total. The van der Waals surface area contributed by atoms with Crippen molar-refractivity contribution < 1.29 is 4.79 Å². The van der Waals surface area contributed by atoms with Crippen LogP contribution in [-0.4, -0.2) is 38.7 Å². The second-order valence-corrected chi connectivity index (χ2v) is 9.06. The van der Waals surface area contributed by atoms with Crippen molar-refractivity contribution in [2.45, 2.75) is 32.4 Å². The van der Waals surface area contributed by atoms with E-state index in [1.54, 1.807) is 28.2 Å². The van der Waals surface area contributed by atoms with E-state index in [0.29, 0.717) is 19.0 Å². The summed E-state index contributed by atoms with van der Waals surface area (Å²) < 4.78 is 1.80. The van der Waals surface area contributed by atoms with Gasteiger partial charge in [0.05, 0.1) is 12.2 Å². The normalized spacial score (nSPS) is 20.0. The van der Waals surface area contributed by atoms with Gasteiger partial charge >= 0.3 is 0 Å². The number of rotatable bonds is 4. The third kappa shape index (κ3) is 3.49. The molecule has 8 nitrogen and oxygen atoms in total. The molecule has 30 heavy (non-hydrogen) atoms. The standard InChI is InChI=1S/C21H22N6O2S/c1-13-24-25-21(30-13)26-10-14-8-15(12-26)18-6-5-17(20(29)27(18)11-14)19(28)23-9-16-4-2-3-7-22-16/h2-7,14-15H,8-12H2,1H3,(H,23,28)/t14-,15+/m0/s1. The highest BCUT2D eigenvalue weighted by Crippen LogP contribution is 2.37. The molecule has 1 saturated heterocycles. The van der Waals surface area contributed by atoms with Gasteiger partial charge < -0.3 is 14.8 Å². The van der Waals surface area contributed by atoms with E-state index in [4.69, 9.17) is 0 Å². The lowest BCUT2D eigenvalue weighted by Crippen LogP contribution is -2.48. The highest BCUT2D eigenvalue weighted by molar-refractivity contribution is 7.15. The molecular formula is C21H22N6O2S. The molecule has 0 radical (unpaired) electrons. The van der Waals surface area contributed by atoms with Gasteiger partial charge in [-0.25, -0.2) is 0 Å². The number of piperidine rings is 1. The van der Waals surface area contributed by atoms with Crippen molar-refractivity contribution in [1.29, 1.82) is 0 Å². The molecule has 3 aromatic rings. The molecule has 3 aromatic heterocycles. The first-order valence-corrected chi connectivity index (χ1v) is 10.9. The molecule has 1 amide bonds. The van der Waals surface area contributed by atoms with Gasteiger partial charge in [0, 0.05) is 37.4 Å². The van der Waals surface area contributed by atoms with Crippen LogP contribution in [0.2, 0.25) is 0 Å². The summed E-state index contributed by atoms with van der Waals surface area (Å²) in [5.41, 5.74) is 1.74. The maximum Gasteiger partial charge on any atom is 0.263 e. The molecule has 2 bridgehead atoms. The number of aryl methyl sites for hydroxylation is 1. The molecule has 5 heterocycles. The molecule has 0 aliphatic carbocycles. The summed E-state index contributed by atoms with van der Waals surface area (Å²) in [5.74, 6) is 0.243. The minimum absolute atomic E-state index is 0.186. The van der Waals surface area contributed by atoms with Crippen LogP contribution >= 0.6 is 11.3 Å². The van der Waals surface area contributed by atoms with Crippen LogP contribution in [0.3, 0.4) is 0 Å². The SMILES string of the molecule is Cc1nnc(N2C[C@@H]3C[C@H](C2)c2ccc(C(=O)NCc4ccccn4)c(=O)n2C3)s1. The number of carbonyl (C=O) groups is 1. The molecule has 0 aromatic carbocycles. The fraction of sp³-hybridized carbons (Fsp3) is 0.381. The summed E-state index contributed by atoms with van der Waals surface area (Å²) in [6.45, 7) is 4.55. The van der Waals surface area contributed by atoms with Gasteiger partial charge in [-0.2, -0.15) is 0 Å². The summed E-state index contributed by atoms with van der Waals surface area (Å²) in [5, 5.41) is 13.1. The van der Waals surface area contributed by atoms with E-state index in [2.05, 4.69) is 25.4 Å². The lowest BCUT2D eigenvalue weighted by atomic mass is 9.83. The van der Waals surface area contributed by atoms with Crippen LogP contribution in [0.5, 0.6) is 0 Å². The van der Waals surface area contributed by atoms with E-state index in [-0.39, 0.29) is 22.9 Å². The number of anilines is 1. The molecule has 9 heteroatoms. The molecule has 2 aliphatic heterocycles. The Hall–Kier alpha value is -3.07. The van der Waals surface area contributed by atoms with Gasteiger partial charge in [-0.15, -0.1) is 10.2 Å². The first-order chi connectivity index (χ1) is 14.6. The van der Waals surface area contributed by atoms with Crippen LogP contribution in [0.1, 0.15) is 39.1 Å². The Kier molecular flexibility index (Phi) is 4.82. The zero-order chi connectivity index (χ0) is 20.7. The first kappa shape index (κ1) is 18.9. The van der Waals surface area contributed by atoms with Crippen LogP contribution in [0, 0.1) is 12.8 Å². The van der Waals surface area contributed by atoms with Crippen LogP contribution < -0.4 is 15.8 Å². The number of pyridine rings is 2. The van der Waals surface area contributed by atoms with Gasteiger partial charge in [-0.05, 0) is 43.5 Å². The van der Waals surface area contributed by atoms with E-state index in [0.717, 1.165) is 41.0 Å². The summed E-state index contributed by atoms with van der Waals surface area (Å²) in [6.07, 6.45) is 2.74. The Balaban J connectivity index is 1.36. The molecule has 0 saturated carbocycles. The minimum Gasteiger partial charge on any atom is -0.346 e. The molecular weight excluding hydrogens is 400 g/mol. The first-order valence-electron chi connectivity index (χ1n) is 10.1.